The van der Waals surface area contributed by atoms with Gasteiger partial charge in [0.15, 0.2) is 0 Å². The second-order valence-electron chi connectivity index (χ2n) is 5.90. The number of benzene rings is 3. The van der Waals surface area contributed by atoms with Crippen molar-refractivity contribution >= 4 is 0 Å². The van der Waals surface area contributed by atoms with E-state index in [2.05, 4.69) is 61.2 Å². The van der Waals surface area contributed by atoms with Gasteiger partial charge < -0.3 is 5.11 Å². The van der Waals surface area contributed by atoms with E-state index in [0.717, 1.165) is 22.3 Å². The summed E-state index contributed by atoms with van der Waals surface area (Å²) in [7, 11) is 0. The second-order valence-corrected chi connectivity index (χ2v) is 5.90. The molecule has 3 aromatic carbocycles. The smallest absolute Gasteiger partial charge is 0.0681 e. The third-order valence-electron chi connectivity index (χ3n) is 4.22. The molecule has 0 aliphatic carbocycles. The summed E-state index contributed by atoms with van der Waals surface area (Å²) in [4.78, 5) is 0. The molecule has 1 N–H and O–H groups in total. The van der Waals surface area contributed by atoms with Gasteiger partial charge in [-0.1, -0.05) is 66.4 Å². The maximum Gasteiger partial charge on any atom is 0.0681 e. The fraction of sp³-hybridized carbons (Fsp3) is 0.130. The van der Waals surface area contributed by atoms with Crippen LogP contribution in [0.5, 0.6) is 0 Å². The number of rotatable bonds is 2. The lowest BCUT2D eigenvalue weighted by atomic mass is 9.96. The summed E-state index contributed by atoms with van der Waals surface area (Å²) >= 11 is 0. The van der Waals surface area contributed by atoms with Crippen LogP contribution in [0.25, 0.3) is 11.1 Å². The number of aliphatic hydroxyl groups is 1. The lowest BCUT2D eigenvalue weighted by Gasteiger charge is -2.08. The standard InChI is InChI=1S/C23H20O/c1-17-15-19(16-24)11-12-20(17)13-14-21-9-6-10-23(18(21)2)22-7-4-3-5-8-22/h3-12,15,24H,16H2,1-2H3. The van der Waals surface area contributed by atoms with Gasteiger partial charge in [0.05, 0.1) is 6.61 Å². The zero-order valence-electron chi connectivity index (χ0n) is 14.0. The molecule has 3 aromatic rings. The molecule has 24 heavy (non-hydrogen) atoms. The summed E-state index contributed by atoms with van der Waals surface area (Å²) in [5.74, 6) is 6.57. The van der Waals surface area contributed by atoms with E-state index < -0.39 is 0 Å². The SMILES string of the molecule is Cc1cc(CO)ccc1C#Cc1cccc(-c2ccccc2)c1C. The monoisotopic (exact) mass is 312 g/mol. The lowest BCUT2D eigenvalue weighted by molar-refractivity contribution is 0.282. The van der Waals surface area contributed by atoms with Crippen molar-refractivity contribution in [2.45, 2.75) is 20.5 Å². The molecule has 3 rings (SSSR count). The van der Waals surface area contributed by atoms with Gasteiger partial charge in [-0.25, -0.2) is 0 Å². The van der Waals surface area contributed by atoms with Crippen LogP contribution < -0.4 is 0 Å². The molecule has 1 nitrogen and oxygen atoms in total. The van der Waals surface area contributed by atoms with Gasteiger partial charge in [0.1, 0.15) is 0 Å². The van der Waals surface area contributed by atoms with Crippen molar-refractivity contribution in [2.75, 3.05) is 0 Å². The van der Waals surface area contributed by atoms with Crippen LogP contribution in [-0.2, 0) is 6.61 Å². The Morgan fingerprint density at radius 1 is 0.792 bits per heavy atom. The number of aliphatic hydroxyl groups excluding tert-OH is 1. The number of aryl methyl sites for hydroxylation is 1. The third-order valence-corrected chi connectivity index (χ3v) is 4.22. The quantitative estimate of drug-likeness (QED) is 0.670. The maximum atomic E-state index is 9.20. The zero-order chi connectivity index (χ0) is 16.9. The van der Waals surface area contributed by atoms with Crippen LogP contribution in [0.3, 0.4) is 0 Å². The van der Waals surface area contributed by atoms with Crippen LogP contribution in [0, 0.1) is 25.7 Å². The minimum atomic E-state index is 0.0623. The Bertz CT molecular complexity index is 912. The third kappa shape index (κ3) is 3.40. The molecule has 0 unspecified atom stereocenters. The molecule has 0 radical (unpaired) electrons. The molecule has 0 spiro atoms. The van der Waals surface area contributed by atoms with Crippen LogP contribution in [-0.4, -0.2) is 5.11 Å². The first-order chi connectivity index (χ1) is 11.7. The molecule has 0 bridgehead atoms. The van der Waals surface area contributed by atoms with E-state index in [9.17, 15) is 5.11 Å². The normalized spacial score (nSPS) is 10.1. The van der Waals surface area contributed by atoms with E-state index in [1.807, 2.05) is 31.2 Å². The minimum absolute atomic E-state index is 0.0623. The Kier molecular flexibility index (Phi) is 4.79. The molecule has 0 heterocycles. The average Bonchev–Trinajstić information content (AvgIpc) is 2.62. The van der Waals surface area contributed by atoms with Crippen molar-refractivity contribution in [1.29, 1.82) is 0 Å². The Morgan fingerprint density at radius 3 is 2.25 bits per heavy atom. The van der Waals surface area contributed by atoms with Crippen molar-refractivity contribution in [3.8, 4) is 23.0 Å². The fourth-order valence-electron chi connectivity index (χ4n) is 2.80. The molecule has 0 amide bonds. The largest absolute Gasteiger partial charge is 0.392 e. The Morgan fingerprint density at radius 2 is 1.54 bits per heavy atom. The van der Waals surface area contributed by atoms with Gasteiger partial charge in [0.25, 0.3) is 0 Å². The topological polar surface area (TPSA) is 20.2 Å². The van der Waals surface area contributed by atoms with E-state index in [1.165, 1.54) is 16.7 Å². The molecule has 0 aromatic heterocycles. The van der Waals surface area contributed by atoms with Crippen LogP contribution in [0.1, 0.15) is 27.8 Å². The van der Waals surface area contributed by atoms with E-state index in [1.54, 1.807) is 0 Å². The van der Waals surface area contributed by atoms with Gasteiger partial charge >= 0.3 is 0 Å². The van der Waals surface area contributed by atoms with E-state index in [4.69, 9.17) is 0 Å². The summed E-state index contributed by atoms with van der Waals surface area (Å²) < 4.78 is 0. The van der Waals surface area contributed by atoms with Crippen molar-refractivity contribution in [3.63, 3.8) is 0 Å². The molecule has 118 valence electrons. The van der Waals surface area contributed by atoms with Crippen LogP contribution in [0.2, 0.25) is 0 Å². The van der Waals surface area contributed by atoms with Crippen molar-refractivity contribution in [2.24, 2.45) is 0 Å². The highest BCUT2D eigenvalue weighted by atomic mass is 16.3. The Labute approximate surface area is 143 Å². The van der Waals surface area contributed by atoms with Gasteiger partial charge in [0, 0.05) is 11.1 Å². The first kappa shape index (κ1) is 16.1. The maximum absolute atomic E-state index is 9.20. The van der Waals surface area contributed by atoms with Crippen molar-refractivity contribution in [1.82, 2.24) is 0 Å². The van der Waals surface area contributed by atoms with Gasteiger partial charge in [-0.05, 0) is 53.8 Å². The summed E-state index contributed by atoms with van der Waals surface area (Å²) in [5, 5.41) is 9.20. The van der Waals surface area contributed by atoms with E-state index >= 15 is 0 Å². The van der Waals surface area contributed by atoms with E-state index in [-0.39, 0.29) is 6.61 Å². The zero-order valence-corrected chi connectivity index (χ0v) is 14.0. The minimum Gasteiger partial charge on any atom is -0.392 e. The highest BCUT2D eigenvalue weighted by molar-refractivity contribution is 5.70. The van der Waals surface area contributed by atoms with Crippen molar-refractivity contribution in [3.05, 3.63) is 94.5 Å². The van der Waals surface area contributed by atoms with Gasteiger partial charge in [-0.15, -0.1) is 0 Å². The van der Waals surface area contributed by atoms with E-state index in [0.29, 0.717) is 0 Å². The number of hydrogen-bond donors (Lipinski definition) is 1. The Balaban J connectivity index is 1.98. The molecule has 0 aliphatic rings. The second kappa shape index (κ2) is 7.17. The summed E-state index contributed by atoms with van der Waals surface area (Å²) in [5.41, 5.74) is 7.67. The molecule has 0 saturated carbocycles. The predicted molar refractivity (Wildman–Crippen MR) is 99.7 cm³/mol. The molecule has 0 aliphatic heterocycles. The predicted octanol–water partition coefficient (Wildman–Crippen LogP) is 4.86. The lowest BCUT2D eigenvalue weighted by Crippen LogP contribution is -1.90. The van der Waals surface area contributed by atoms with Gasteiger partial charge in [-0.3, -0.25) is 0 Å². The molecular formula is C23H20O. The Hall–Kier alpha value is -2.82. The molecule has 0 saturated heterocycles. The first-order valence-electron chi connectivity index (χ1n) is 8.06. The number of hydrogen-bond acceptors (Lipinski definition) is 1. The van der Waals surface area contributed by atoms with Gasteiger partial charge in [-0.2, -0.15) is 0 Å². The molecule has 0 atom stereocenters. The first-order valence-corrected chi connectivity index (χ1v) is 8.06. The summed E-state index contributed by atoms with van der Waals surface area (Å²) in [6.45, 7) is 4.21. The fourth-order valence-corrected chi connectivity index (χ4v) is 2.80. The molecular weight excluding hydrogens is 292 g/mol. The molecule has 1 heteroatoms. The van der Waals surface area contributed by atoms with Crippen LogP contribution in [0.15, 0.2) is 66.7 Å². The highest BCUT2D eigenvalue weighted by Crippen LogP contribution is 2.25. The van der Waals surface area contributed by atoms with Crippen molar-refractivity contribution < 1.29 is 5.11 Å². The summed E-state index contributed by atoms with van der Waals surface area (Å²) in [6, 6.07) is 22.5. The highest BCUT2D eigenvalue weighted by Gasteiger charge is 2.04. The van der Waals surface area contributed by atoms with Crippen LogP contribution >= 0.6 is 0 Å². The average molecular weight is 312 g/mol. The summed E-state index contributed by atoms with van der Waals surface area (Å²) in [6.07, 6.45) is 0. The van der Waals surface area contributed by atoms with Gasteiger partial charge in [0.2, 0.25) is 0 Å². The molecule has 0 fully saturated rings. The van der Waals surface area contributed by atoms with Crippen LogP contribution in [0.4, 0.5) is 0 Å².